The van der Waals surface area contributed by atoms with Crippen LogP contribution < -0.4 is 15.5 Å². The highest BCUT2D eigenvalue weighted by Gasteiger charge is 2.18. The third-order valence-electron chi connectivity index (χ3n) is 4.25. The number of thiazole rings is 1. The summed E-state index contributed by atoms with van der Waals surface area (Å²) in [4.78, 5) is 23.4. The van der Waals surface area contributed by atoms with E-state index in [0.29, 0.717) is 15.8 Å². The molecule has 1 N–H and O–H groups in total. The molecule has 1 amide bonds. The molecule has 0 atom stereocenters. The lowest BCUT2D eigenvalue weighted by molar-refractivity contribution is -0.114. The van der Waals surface area contributed by atoms with Gasteiger partial charge in [0, 0.05) is 23.9 Å². The number of aromatic nitrogens is 1. The quantitative estimate of drug-likeness (QED) is 0.848. The maximum atomic E-state index is 12.2. The van der Waals surface area contributed by atoms with Gasteiger partial charge < -0.3 is 10.0 Å². The molecule has 5 nitrogen and oxygen atoms in total. The molecule has 6 heteroatoms. The molecule has 0 bridgehead atoms. The minimum atomic E-state index is -0.291. The molecule has 1 aromatic carbocycles. The molecule has 2 aliphatic rings. The number of carbonyl (C=O) groups is 1. The summed E-state index contributed by atoms with van der Waals surface area (Å²) >= 11 is 1.42. The van der Waals surface area contributed by atoms with Crippen molar-refractivity contribution in [1.82, 2.24) is 4.98 Å². The zero-order valence-electron chi connectivity index (χ0n) is 13.1. The van der Waals surface area contributed by atoms with Crippen molar-refractivity contribution < 1.29 is 9.90 Å². The number of carbonyl (C=O) groups excluding carboxylic acids is 1. The van der Waals surface area contributed by atoms with E-state index in [-0.39, 0.29) is 11.8 Å². The van der Waals surface area contributed by atoms with Crippen LogP contribution in [0.15, 0.2) is 34.8 Å². The number of benzene rings is 1. The first-order valence-electron chi connectivity index (χ1n) is 8.07. The largest absolute Gasteiger partial charge is 0.492 e. The van der Waals surface area contributed by atoms with E-state index in [4.69, 9.17) is 0 Å². The summed E-state index contributed by atoms with van der Waals surface area (Å²) in [5, 5.41) is 12.6. The monoisotopic (exact) mass is 339 g/mol. The summed E-state index contributed by atoms with van der Waals surface area (Å²) < 4.78 is 0. The van der Waals surface area contributed by atoms with Gasteiger partial charge in [0.2, 0.25) is 5.88 Å². The van der Waals surface area contributed by atoms with Gasteiger partial charge in [-0.1, -0.05) is 29.5 Å². The van der Waals surface area contributed by atoms with Crippen LogP contribution in [0.5, 0.6) is 5.88 Å². The van der Waals surface area contributed by atoms with E-state index in [1.54, 1.807) is 6.08 Å². The molecule has 24 heavy (non-hydrogen) atoms. The molecule has 2 aromatic rings. The Balaban J connectivity index is 1.70. The fourth-order valence-corrected chi connectivity index (χ4v) is 3.95. The van der Waals surface area contributed by atoms with Crippen LogP contribution in [-0.4, -0.2) is 29.1 Å². The van der Waals surface area contributed by atoms with Gasteiger partial charge >= 0.3 is 0 Å². The van der Waals surface area contributed by atoms with Crippen molar-refractivity contribution in [2.45, 2.75) is 19.3 Å². The number of anilines is 1. The Labute approximate surface area is 143 Å². The van der Waals surface area contributed by atoms with Gasteiger partial charge in [0.05, 0.1) is 10.2 Å². The normalized spacial score (nSPS) is 18.9. The van der Waals surface area contributed by atoms with Crippen molar-refractivity contribution in [3.63, 3.8) is 0 Å². The van der Waals surface area contributed by atoms with Gasteiger partial charge in [-0.25, -0.2) is 4.99 Å². The fourth-order valence-electron chi connectivity index (χ4n) is 2.99. The second-order valence-electron chi connectivity index (χ2n) is 5.95. The topological polar surface area (TPSA) is 65.8 Å². The van der Waals surface area contributed by atoms with Crippen LogP contribution in [0.3, 0.4) is 0 Å². The van der Waals surface area contributed by atoms with E-state index in [9.17, 15) is 9.90 Å². The number of hydrogen-bond acceptors (Lipinski definition) is 5. The molecular formula is C18H17N3O2S. The zero-order valence-corrected chi connectivity index (χ0v) is 13.9. The Kier molecular flexibility index (Phi) is 3.90. The zero-order chi connectivity index (χ0) is 16.5. The van der Waals surface area contributed by atoms with Gasteiger partial charge in [-0.2, -0.15) is 4.98 Å². The molecule has 3 heterocycles. The van der Waals surface area contributed by atoms with Crippen LogP contribution >= 0.6 is 11.3 Å². The predicted octanol–water partition coefficient (Wildman–Crippen LogP) is 1.86. The molecule has 2 aliphatic heterocycles. The van der Waals surface area contributed by atoms with Crippen molar-refractivity contribution in [2.75, 3.05) is 18.0 Å². The molecule has 4 rings (SSSR count). The Morgan fingerprint density at radius 3 is 2.79 bits per heavy atom. The lowest BCUT2D eigenvalue weighted by atomic mass is 10.1. The minimum absolute atomic E-state index is 0.0202. The highest BCUT2D eigenvalue weighted by Crippen LogP contribution is 2.34. The van der Waals surface area contributed by atoms with Crippen LogP contribution in [0.25, 0.3) is 12.2 Å². The summed E-state index contributed by atoms with van der Waals surface area (Å²) in [7, 11) is 0. The Morgan fingerprint density at radius 1 is 1.17 bits per heavy atom. The van der Waals surface area contributed by atoms with Gasteiger partial charge in [-0.05, 0) is 37.5 Å². The summed E-state index contributed by atoms with van der Waals surface area (Å²) in [5.41, 5.74) is 0.470. The van der Waals surface area contributed by atoms with Gasteiger partial charge in [0.1, 0.15) is 0 Å². The second kappa shape index (κ2) is 6.20. The summed E-state index contributed by atoms with van der Waals surface area (Å²) in [6.07, 6.45) is 7.04. The summed E-state index contributed by atoms with van der Waals surface area (Å²) in [5.74, 6) is -0.311. The average Bonchev–Trinajstić information content (AvgIpc) is 2.97. The van der Waals surface area contributed by atoms with E-state index in [1.165, 1.54) is 17.8 Å². The third kappa shape index (κ3) is 2.85. The van der Waals surface area contributed by atoms with Crippen LogP contribution in [0.4, 0.5) is 5.13 Å². The fraction of sp³-hybridized carbons (Fsp3) is 0.278. The SMILES string of the molecule is O=C1N=c2ccccc2=CC1=Cc1sc(N2CCCCC2)nc1O. The molecule has 0 unspecified atom stereocenters. The summed E-state index contributed by atoms with van der Waals surface area (Å²) in [6, 6.07) is 7.51. The van der Waals surface area contributed by atoms with E-state index < -0.39 is 0 Å². The Morgan fingerprint density at radius 2 is 1.96 bits per heavy atom. The highest BCUT2D eigenvalue weighted by molar-refractivity contribution is 7.16. The first kappa shape index (κ1) is 15.1. The number of aromatic hydroxyl groups is 1. The molecule has 1 saturated heterocycles. The van der Waals surface area contributed by atoms with Crippen LogP contribution in [0, 0.1) is 0 Å². The number of amides is 1. The molecule has 1 aromatic heterocycles. The van der Waals surface area contributed by atoms with Gasteiger partial charge in [0.15, 0.2) is 5.13 Å². The molecule has 0 spiro atoms. The maximum Gasteiger partial charge on any atom is 0.277 e. The minimum Gasteiger partial charge on any atom is -0.492 e. The van der Waals surface area contributed by atoms with Crippen molar-refractivity contribution in [1.29, 1.82) is 0 Å². The molecule has 0 aliphatic carbocycles. The van der Waals surface area contributed by atoms with Gasteiger partial charge in [-0.3, -0.25) is 4.79 Å². The van der Waals surface area contributed by atoms with Crippen molar-refractivity contribution in [2.24, 2.45) is 4.99 Å². The number of para-hydroxylation sites is 1. The standard InChI is InChI=1S/C18H17N3O2S/c22-16-13(10-12-6-2-3-7-14(12)19-16)11-15-17(23)20-18(24-15)21-8-4-1-5-9-21/h2-3,6-7,10-11,23H,1,4-5,8-9H2. The lowest BCUT2D eigenvalue weighted by Gasteiger charge is -2.25. The number of hydrogen-bond donors (Lipinski definition) is 1. The maximum absolute atomic E-state index is 12.2. The van der Waals surface area contributed by atoms with Crippen molar-refractivity contribution >= 4 is 34.5 Å². The highest BCUT2D eigenvalue weighted by atomic mass is 32.1. The molecule has 0 radical (unpaired) electrons. The number of nitrogens with zero attached hydrogens (tertiary/aromatic N) is 3. The number of fused-ring (bicyclic) bond motifs is 1. The third-order valence-corrected chi connectivity index (χ3v) is 5.31. The van der Waals surface area contributed by atoms with Crippen LogP contribution in [0.2, 0.25) is 0 Å². The molecule has 0 saturated carbocycles. The van der Waals surface area contributed by atoms with Gasteiger partial charge in [0.25, 0.3) is 5.91 Å². The first-order valence-corrected chi connectivity index (χ1v) is 8.89. The van der Waals surface area contributed by atoms with Crippen molar-refractivity contribution in [3.8, 4) is 5.88 Å². The summed E-state index contributed by atoms with van der Waals surface area (Å²) in [6.45, 7) is 1.94. The average molecular weight is 339 g/mol. The van der Waals surface area contributed by atoms with Crippen LogP contribution in [-0.2, 0) is 4.79 Å². The molecule has 122 valence electrons. The van der Waals surface area contributed by atoms with E-state index in [0.717, 1.165) is 36.3 Å². The van der Waals surface area contributed by atoms with Gasteiger partial charge in [-0.15, -0.1) is 0 Å². The molecular weight excluding hydrogens is 322 g/mol. The second-order valence-corrected chi connectivity index (χ2v) is 6.96. The Hall–Kier alpha value is -2.47. The first-order chi connectivity index (χ1) is 11.7. The predicted molar refractivity (Wildman–Crippen MR) is 94.5 cm³/mol. The number of piperidine rings is 1. The van der Waals surface area contributed by atoms with E-state index in [1.807, 2.05) is 30.3 Å². The number of rotatable bonds is 2. The van der Waals surface area contributed by atoms with E-state index in [2.05, 4.69) is 14.9 Å². The van der Waals surface area contributed by atoms with Crippen molar-refractivity contribution in [3.05, 3.63) is 45.3 Å². The lowest BCUT2D eigenvalue weighted by Crippen LogP contribution is -2.29. The Bertz CT molecular complexity index is 939. The van der Waals surface area contributed by atoms with E-state index >= 15 is 0 Å². The smallest absolute Gasteiger partial charge is 0.277 e. The van der Waals surface area contributed by atoms with Crippen LogP contribution in [0.1, 0.15) is 24.1 Å². The molecule has 1 fully saturated rings.